The molecule has 0 aromatic carbocycles. The van der Waals surface area contributed by atoms with Crippen molar-refractivity contribution in [3.63, 3.8) is 0 Å². The molecule has 0 rings (SSSR count). The lowest BCUT2D eigenvalue weighted by Crippen LogP contribution is -2.39. The summed E-state index contributed by atoms with van der Waals surface area (Å²) < 4.78 is 0. The van der Waals surface area contributed by atoms with E-state index in [1.807, 2.05) is 0 Å². The molecule has 0 spiro atoms. The molecule has 0 aromatic heterocycles. The van der Waals surface area contributed by atoms with Crippen molar-refractivity contribution in [2.45, 2.75) is 6.92 Å². The second-order valence-electron chi connectivity index (χ2n) is 4.76. The van der Waals surface area contributed by atoms with Crippen LogP contribution in [0.25, 0.3) is 0 Å². The van der Waals surface area contributed by atoms with Crippen LogP contribution in [0.2, 0.25) is 0 Å². The minimum atomic E-state index is -1.32. The fourth-order valence-corrected chi connectivity index (χ4v) is 2.01. The van der Waals surface area contributed by atoms with E-state index in [-0.39, 0.29) is 11.4 Å². The van der Waals surface area contributed by atoms with Gasteiger partial charge in [0, 0.05) is 0 Å². The highest BCUT2D eigenvalue weighted by Crippen LogP contribution is 2.18. The van der Waals surface area contributed by atoms with Gasteiger partial charge in [-0.05, 0) is 19.1 Å². The van der Waals surface area contributed by atoms with Gasteiger partial charge in [0.15, 0.2) is 0 Å². The fraction of sp³-hybridized carbons (Fsp3) is 0.333. The third-order valence-corrected chi connectivity index (χ3v) is 2.77. The first-order chi connectivity index (χ1) is 11.6. The van der Waals surface area contributed by atoms with Gasteiger partial charge < -0.3 is 30.2 Å². The second kappa shape index (κ2) is 10.5. The highest BCUT2D eigenvalue weighted by atomic mass is 16.4. The van der Waals surface area contributed by atoms with Crippen molar-refractivity contribution in [3.05, 3.63) is 36.2 Å². The summed E-state index contributed by atoms with van der Waals surface area (Å²) in [5, 5.41) is 35.9. The van der Waals surface area contributed by atoms with Crippen LogP contribution in [0.1, 0.15) is 6.92 Å². The van der Waals surface area contributed by atoms with Crippen molar-refractivity contribution in [1.29, 1.82) is 0 Å². The Morgan fingerprint density at radius 3 is 1.32 bits per heavy atom. The summed E-state index contributed by atoms with van der Waals surface area (Å²) in [4.78, 5) is 46.0. The number of carbonyl (C=O) groups is 4. The van der Waals surface area contributed by atoms with E-state index in [2.05, 4.69) is 6.58 Å². The number of hydrogen-bond acceptors (Lipinski definition) is 6. The second-order valence-corrected chi connectivity index (χ2v) is 4.76. The van der Waals surface area contributed by atoms with Gasteiger partial charge >= 0.3 is 23.9 Å². The van der Waals surface area contributed by atoms with Crippen molar-refractivity contribution in [2.75, 3.05) is 26.2 Å². The first-order valence-corrected chi connectivity index (χ1v) is 6.98. The molecule has 10 nitrogen and oxygen atoms in total. The molecule has 0 radical (unpaired) electrons. The maximum atomic E-state index is 11.0. The third kappa shape index (κ3) is 8.21. The zero-order valence-corrected chi connectivity index (χ0v) is 13.6. The Hall–Kier alpha value is -3.30. The van der Waals surface area contributed by atoms with E-state index in [1.165, 1.54) is 12.2 Å². The molecule has 0 aliphatic heterocycles. The fourth-order valence-electron chi connectivity index (χ4n) is 2.01. The average molecular weight is 356 g/mol. The molecule has 138 valence electrons. The van der Waals surface area contributed by atoms with Crippen molar-refractivity contribution in [3.8, 4) is 0 Å². The molecule has 0 aliphatic carbocycles. The number of carboxylic acid groups (broad SMARTS) is 4. The minimum Gasteiger partial charge on any atom is -0.480 e. The molecular formula is C15H20N2O8. The standard InChI is InChI=1S/C15H20N2O8/c1-3-5-11(17(8-14(22)23)9-15(24)25)10(4-2)16(6-12(18)19)7-13(20)21/h3-5H,2,6-9H2,1H3,(H,18,19)(H,20,21)(H,22,23)(H,24,25)/b5-3-,11-10-. The van der Waals surface area contributed by atoms with Crippen LogP contribution in [0.5, 0.6) is 0 Å². The highest BCUT2D eigenvalue weighted by molar-refractivity contribution is 5.75. The normalized spacial score (nSPS) is 11.6. The quantitative estimate of drug-likeness (QED) is 0.348. The molecule has 0 heterocycles. The summed E-state index contributed by atoms with van der Waals surface area (Å²) in [6.07, 6.45) is 3.99. The molecule has 4 N–H and O–H groups in total. The number of hydrogen-bond donors (Lipinski definition) is 4. The molecule has 0 saturated heterocycles. The van der Waals surface area contributed by atoms with E-state index in [1.54, 1.807) is 6.92 Å². The molecule has 0 saturated carbocycles. The lowest BCUT2D eigenvalue weighted by atomic mass is 10.2. The number of carboxylic acids is 4. The molecule has 0 atom stereocenters. The topological polar surface area (TPSA) is 156 Å². The lowest BCUT2D eigenvalue weighted by Gasteiger charge is -2.29. The van der Waals surface area contributed by atoms with E-state index in [0.717, 1.165) is 15.9 Å². The minimum absolute atomic E-state index is 0.00889. The van der Waals surface area contributed by atoms with Crippen LogP contribution in [0, 0.1) is 0 Å². The van der Waals surface area contributed by atoms with Crippen LogP contribution < -0.4 is 0 Å². The summed E-state index contributed by atoms with van der Waals surface area (Å²) >= 11 is 0. The van der Waals surface area contributed by atoms with Crippen LogP contribution in [-0.4, -0.2) is 80.3 Å². The SMILES string of the molecule is C=C/C(=C(\C=C/C)N(CC(=O)O)CC(=O)O)N(CC(=O)O)CC(=O)O. The molecule has 0 fully saturated rings. The van der Waals surface area contributed by atoms with Crippen molar-refractivity contribution >= 4 is 23.9 Å². The van der Waals surface area contributed by atoms with Crippen LogP contribution in [0.3, 0.4) is 0 Å². The van der Waals surface area contributed by atoms with Gasteiger partial charge in [0.1, 0.15) is 26.2 Å². The zero-order chi connectivity index (χ0) is 19.6. The van der Waals surface area contributed by atoms with Gasteiger partial charge in [0.25, 0.3) is 0 Å². The zero-order valence-electron chi connectivity index (χ0n) is 13.6. The molecule has 0 aliphatic rings. The molecule has 25 heavy (non-hydrogen) atoms. The van der Waals surface area contributed by atoms with Gasteiger partial charge in [-0.25, -0.2) is 0 Å². The Morgan fingerprint density at radius 2 is 1.08 bits per heavy atom. The molecule has 0 amide bonds. The monoisotopic (exact) mass is 356 g/mol. The predicted molar refractivity (Wildman–Crippen MR) is 85.7 cm³/mol. The maximum Gasteiger partial charge on any atom is 0.323 e. The lowest BCUT2D eigenvalue weighted by molar-refractivity contribution is -0.143. The van der Waals surface area contributed by atoms with Crippen LogP contribution in [0.15, 0.2) is 36.2 Å². The number of rotatable bonds is 12. The largest absolute Gasteiger partial charge is 0.480 e. The molecule has 0 unspecified atom stereocenters. The van der Waals surface area contributed by atoms with Gasteiger partial charge in [-0.2, -0.15) is 0 Å². The van der Waals surface area contributed by atoms with Gasteiger partial charge in [-0.3, -0.25) is 19.2 Å². The van der Waals surface area contributed by atoms with Crippen molar-refractivity contribution in [1.82, 2.24) is 9.80 Å². The van der Waals surface area contributed by atoms with Gasteiger partial charge in [0.2, 0.25) is 0 Å². The third-order valence-electron chi connectivity index (χ3n) is 2.77. The highest BCUT2D eigenvalue weighted by Gasteiger charge is 2.23. The van der Waals surface area contributed by atoms with Gasteiger partial charge in [0.05, 0.1) is 11.4 Å². The summed E-state index contributed by atoms with van der Waals surface area (Å²) in [6.45, 7) is 2.33. The summed E-state index contributed by atoms with van der Waals surface area (Å²) in [6, 6.07) is 0. The molecular weight excluding hydrogens is 336 g/mol. The van der Waals surface area contributed by atoms with Gasteiger partial charge in [-0.15, -0.1) is 0 Å². The summed E-state index contributed by atoms with van der Waals surface area (Å²) in [5.74, 6) is -5.25. The van der Waals surface area contributed by atoms with Crippen molar-refractivity contribution < 1.29 is 39.6 Å². The van der Waals surface area contributed by atoms with Crippen molar-refractivity contribution in [2.24, 2.45) is 0 Å². The summed E-state index contributed by atoms with van der Waals surface area (Å²) in [5.41, 5.74) is 0.0233. The molecule has 0 aromatic rings. The smallest absolute Gasteiger partial charge is 0.323 e. The Bertz CT molecular complexity index is 577. The predicted octanol–water partition coefficient (Wildman–Crippen LogP) is -0.0975. The van der Waals surface area contributed by atoms with E-state index in [4.69, 9.17) is 20.4 Å². The maximum absolute atomic E-state index is 11.0. The summed E-state index contributed by atoms with van der Waals surface area (Å²) in [7, 11) is 0. The first kappa shape index (κ1) is 21.7. The van der Waals surface area contributed by atoms with E-state index >= 15 is 0 Å². The number of nitrogens with zero attached hydrogens (tertiary/aromatic N) is 2. The van der Waals surface area contributed by atoms with Crippen LogP contribution in [-0.2, 0) is 19.2 Å². The average Bonchev–Trinajstić information content (AvgIpc) is 2.44. The number of allylic oxidation sites excluding steroid dienone is 3. The Balaban J connectivity index is 6.25. The number of aliphatic carboxylic acids is 4. The van der Waals surface area contributed by atoms with Crippen LogP contribution >= 0.6 is 0 Å². The molecule has 10 heteroatoms. The molecule has 0 bridgehead atoms. The van der Waals surface area contributed by atoms with Crippen LogP contribution in [0.4, 0.5) is 0 Å². The van der Waals surface area contributed by atoms with E-state index in [9.17, 15) is 19.2 Å². The van der Waals surface area contributed by atoms with E-state index < -0.39 is 50.1 Å². The Morgan fingerprint density at radius 1 is 0.760 bits per heavy atom. The van der Waals surface area contributed by atoms with E-state index in [0.29, 0.717) is 0 Å². The Labute approximate surface area is 143 Å². The van der Waals surface area contributed by atoms with Gasteiger partial charge in [-0.1, -0.05) is 12.7 Å². The Kier molecular flexibility index (Phi) is 9.09. The first-order valence-electron chi connectivity index (χ1n) is 6.98.